The maximum absolute atomic E-state index is 12.7. The summed E-state index contributed by atoms with van der Waals surface area (Å²) in [5, 5.41) is 2.77. The summed E-state index contributed by atoms with van der Waals surface area (Å²) in [6.45, 7) is 5.34. The number of nitrogens with one attached hydrogen (secondary N) is 1. The van der Waals surface area contributed by atoms with Gasteiger partial charge in [0.2, 0.25) is 0 Å². The fraction of sp³-hybridized carbons (Fsp3) is 0.588. The smallest absolute Gasteiger partial charge is 0.416 e. The van der Waals surface area contributed by atoms with Gasteiger partial charge in [0.25, 0.3) is 0 Å². The molecule has 1 aromatic carbocycles. The number of halogens is 3. The maximum Gasteiger partial charge on any atom is 0.416 e. The molecule has 1 aromatic rings. The topological polar surface area (TPSA) is 47.6 Å². The zero-order chi connectivity index (χ0) is 18.0. The number of carbonyl (C=O) groups excluding carboxylic acids is 1. The van der Waals surface area contributed by atoms with Crippen LogP contribution >= 0.6 is 0 Å². The maximum atomic E-state index is 12.7. The van der Waals surface area contributed by atoms with Crippen molar-refractivity contribution in [3.63, 3.8) is 0 Å². The van der Waals surface area contributed by atoms with Crippen molar-refractivity contribution in [2.24, 2.45) is 0 Å². The summed E-state index contributed by atoms with van der Waals surface area (Å²) in [6.07, 6.45) is -3.22. The predicted octanol–water partition coefficient (Wildman–Crippen LogP) is 4.53. The van der Waals surface area contributed by atoms with E-state index in [-0.39, 0.29) is 17.9 Å². The molecule has 0 aromatic heterocycles. The van der Waals surface area contributed by atoms with E-state index in [1.54, 1.807) is 20.8 Å². The Morgan fingerprint density at radius 3 is 2.54 bits per heavy atom. The van der Waals surface area contributed by atoms with Crippen LogP contribution in [0.25, 0.3) is 0 Å². The number of amides is 1. The molecular weight excluding hydrogens is 323 g/mol. The average Bonchev–Trinajstić information content (AvgIpc) is 2.83. The molecule has 0 radical (unpaired) electrons. The first-order valence-electron chi connectivity index (χ1n) is 7.86. The molecule has 1 aliphatic carbocycles. The summed E-state index contributed by atoms with van der Waals surface area (Å²) < 4.78 is 48.9. The minimum absolute atomic E-state index is 0.101. The van der Waals surface area contributed by atoms with Gasteiger partial charge in [-0.15, -0.1) is 0 Å². The van der Waals surface area contributed by atoms with Gasteiger partial charge in [0, 0.05) is 12.5 Å². The first-order chi connectivity index (χ1) is 11.0. The monoisotopic (exact) mass is 345 g/mol. The van der Waals surface area contributed by atoms with Gasteiger partial charge in [0.05, 0.1) is 5.56 Å². The Labute approximate surface area is 139 Å². The largest absolute Gasteiger partial charge is 0.490 e. The molecule has 134 valence electrons. The Kier molecular flexibility index (Phi) is 5.30. The van der Waals surface area contributed by atoms with E-state index < -0.39 is 23.4 Å². The second-order valence-electron chi connectivity index (χ2n) is 6.92. The highest BCUT2D eigenvalue weighted by Gasteiger charge is 2.32. The Morgan fingerprint density at radius 1 is 1.21 bits per heavy atom. The lowest BCUT2D eigenvalue weighted by molar-refractivity contribution is -0.137. The molecule has 2 atom stereocenters. The third kappa shape index (κ3) is 5.62. The van der Waals surface area contributed by atoms with E-state index in [9.17, 15) is 18.0 Å². The van der Waals surface area contributed by atoms with Gasteiger partial charge in [-0.25, -0.2) is 4.79 Å². The summed E-state index contributed by atoms with van der Waals surface area (Å²) in [5.74, 6) is 0.188. The average molecular weight is 345 g/mol. The van der Waals surface area contributed by atoms with Crippen LogP contribution in [-0.4, -0.2) is 23.8 Å². The number of rotatable bonds is 3. The summed E-state index contributed by atoms with van der Waals surface area (Å²) in [4.78, 5) is 11.7. The molecule has 0 saturated heterocycles. The van der Waals surface area contributed by atoms with Crippen LogP contribution in [0, 0.1) is 0 Å². The van der Waals surface area contributed by atoms with Crippen LogP contribution in [-0.2, 0) is 10.9 Å². The van der Waals surface area contributed by atoms with Crippen LogP contribution in [0.15, 0.2) is 24.3 Å². The van der Waals surface area contributed by atoms with E-state index in [0.29, 0.717) is 19.3 Å². The van der Waals surface area contributed by atoms with Crippen molar-refractivity contribution in [1.29, 1.82) is 0 Å². The number of hydrogen-bond donors (Lipinski definition) is 1. The Hall–Kier alpha value is -1.92. The fourth-order valence-corrected chi connectivity index (χ4v) is 2.59. The Bertz CT molecular complexity index is 581. The standard InChI is InChI=1S/C17H22F3NO3/c1-16(2,3)24-15(22)21-12-7-8-14(10-12)23-13-6-4-5-11(9-13)17(18,19)20/h4-6,9,12,14H,7-8,10H2,1-3H3,(H,21,22)/t12-,14+/m1/s1. The molecule has 1 aliphatic rings. The van der Waals surface area contributed by atoms with Crippen molar-refractivity contribution in [1.82, 2.24) is 5.32 Å². The van der Waals surface area contributed by atoms with Gasteiger partial charge in [-0.1, -0.05) is 6.07 Å². The minimum atomic E-state index is -4.39. The third-order valence-electron chi connectivity index (χ3n) is 3.57. The zero-order valence-corrected chi connectivity index (χ0v) is 13.9. The van der Waals surface area contributed by atoms with Gasteiger partial charge in [0.1, 0.15) is 17.5 Å². The highest BCUT2D eigenvalue weighted by atomic mass is 19.4. The highest BCUT2D eigenvalue weighted by molar-refractivity contribution is 5.68. The molecular formula is C17H22F3NO3. The summed E-state index contributed by atoms with van der Waals surface area (Å²) in [5.41, 5.74) is -1.31. The van der Waals surface area contributed by atoms with E-state index in [0.717, 1.165) is 12.1 Å². The quantitative estimate of drug-likeness (QED) is 0.875. The lowest BCUT2D eigenvalue weighted by Crippen LogP contribution is -2.38. The van der Waals surface area contributed by atoms with Gasteiger partial charge >= 0.3 is 12.3 Å². The van der Waals surface area contributed by atoms with E-state index in [1.807, 2.05) is 0 Å². The van der Waals surface area contributed by atoms with E-state index >= 15 is 0 Å². The van der Waals surface area contributed by atoms with E-state index in [1.165, 1.54) is 12.1 Å². The van der Waals surface area contributed by atoms with E-state index in [2.05, 4.69) is 5.32 Å². The van der Waals surface area contributed by atoms with Crippen molar-refractivity contribution in [3.8, 4) is 5.75 Å². The molecule has 1 fully saturated rings. The van der Waals surface area contributed by atoms with Crippen molar-refractivity contribution in [2.75, 3.05) is 0 Å². The first kappa shape index (κ1) is 18.4. The summed E-state index contributed by atoms with van der Waals surface area (Å²) in [6, 6.07) is 4.73. The zero-order valence-electron chi connectivity index (χ0n) is 13.9. The van der Waals surface area contributed by atoms with Gasteiger partial charge in [-0.2, -0.15) is 13.2 Å². The van der Waals surface area contributed by atoms with Gasteiger partial charge in [-0.05, 0) is 51.8 Å². The van der Waals surface area contributed by atoms with Crippen molar-refractivity contribution in [3.05, 3.63) is 29.8 Å². The lowest BCUT2D eigenvalue weighted by atomic mass is 10.2. The highest BCUT2D eigenvalue weighted by Crippen LogP contribution is 2.32. The van der Waals surface area contributed by atoms with Crippen LogP contribution in [0.4, 0.5) is 18.0 Å². The van der Waals surface area contributed by atoms with E-state index in [4.69, 9.17) is 9.47 Å². The van der Waals surface area contributed by atoms with Crippen LogP contribution in [0.2, 0.25) is 0 Å². The van der Waals surface area contributed by atoms with Crippen LogP contribution in [0.3, 0.4) is 0 Å². The van der Waals surface area contributed by atoms with Gasteiger partial charge < -0.3 is 14.8 Å². The molecule has 0 spiro atoms. The molecule has 1 N–H and O–H groups in total. The molecule has 1 saturated carbocycles. The van der Waals surface area contributed by atoms with Crippen molar-refractivity contribution in [2.45, 2.75) is 64.0 Å². The number of ether oxygens (including phenoxy) is 2. The molecule has 0 bridgehead atoms. The SMILES string of the molecule is CC(C)(C)OC(=O)N[C@@H]1CC[C@H](Oc2cccc(C(F)(F)F)c2)C1. The van der Waals surface area contributed by atoms with Crippen LogP contribution in [0.1, 0.15) is 45.6 Å². The molecule has 24 heavy (non-hydrogen) atoms. The predicted molar refractivity (Wildman–Crippen MR) is 82.9 cm³/mol. The molecule has 0 unspecified atom stereocenters. The number of alkyl halides is 3. The number of carbonyl (C=O) groups is 1. The third-order valence-corrected chi connectivity index (χ3v) is 3.57. The lowest BCUT2D eigenvalue weighted by Gasteiger charge is -2.21. The molecule has 1 amide bonds. The number of benzene rings is 1. The molecule has 2 rings (SSSR count). The molecule has 0 heterocycles. The van der Waals surface area contributed by atoms with Crippen molar-refractivity contribution < 1.29 is 27.4 Å². The Morgan fingerprint density at radius 2 is 1.92 bits per heavy atom. The Balaban J connectivity index is 1.87. The molecule has 4 nitrogen and oxygen atoms in total. The number of hydrogen-bond acceptors (Lipinski definition) is 3. The molecule has 7 heteroatoms. The minimum Gasteiger partial charge on any atom is -0.490 e. The van der Waals surface area contributed by atoms with Crippen molar-refractivity contribution >= 4 is 6.09 Å². The second kappa shape index (κ2) is 6.91. The van der Waals surface area contributed by atoms with Gasteiger partial charge in [-0.3, -0.25) is 0 Å². The summed E-state index contributed by atoms with van der Waals surface area (Å²) in [7, 11) is 0. The second-order valence-corrected chi connectivity index (χ2v) is 6.92. The number of alkyl carbamates (subject to hydrolysis) is 1. The normalized spacial score (nSPS) is 21.4. The molecule has 0 aliphatic heterocycles. The van der Waals surface area contributed by atoms with Gasteiger partial charge in [0.15, 0.2) is 0 Å². The first-order valence-corrected chi connectivity index (χ1v) is 7.86. The van der Waals surface area contributed by atoms with Crippen LogP contribution in [0.5, 0.6) is 5.75 Å². The van der Waals surface area contributed by atoms with Crippen LogP contribution < -0.4 is 10.1 Å². The fourth-order valence-electron chi connectivity index (χ4n) is 2.59. The summed E-state index contributed by atoms with van der Waals surface area (Å²) >= 11 is 0.